The molecule has 2 aliphatic carbocycles. The summed E-state index contributed by atoms with van der Waals surface area (Å²) >= 11 is 0. The summed E-state index contributed by atoms with van der Waals surface area (Å²) in [6, 6.07) is 16.3. The highest BCUT2D eigenvalue weighted by molar-refractivity contribution is 5.91. The summed E-state index contributed by atoms with van der Waals surface area (Å²) in [5.41, 5.74) is 3.67. The molecule has 2 amide bonds. The number of nitrogens with one attached hydrogen (secondary N) is 1. The lowest BCUT2D eigenvalue weighted by Gasteiger charge is -2.35. The Kier molecular flexibility index (Phi) is 5.80. The van der Waals surface area contributed by atoms with Crippen LogP contribution in [0.1, 0.15) is 49.7 Å². The number of alkyl carbamates (subject to hydrolysis) is 1. The van der Waals surface area contributed by atoms with Crippen molar-refractivity contribution in [3.8, 4) is 11.1 Å². The molecule has 1 saturated carbocycles. The first-order valence-electron chi connectivity index (χ1n) is 12.1. The van der Waals surface area contributed by atoms with Gasteiger partial charge in [0.15, 0.2) is 0 Å². The van der Waals surface area contributed by atoms with E-state index in [1.165, 1.54) is 11.1 Å². The van der Waals surface area contributed by atoms with E-state index in [2.05, 4.69) is 29.6 Å². The highest BCUT2D eigenvalue weighted by Crippen LogP contribution is 2.54. The maximum atomic E-state index is 13.0. The molecule has 1 saturated heterocycles. The zero-order valence-corrected chi connectivity index (χ0v) is 19.3. The van der Waals surface area contributed by atoms with Crippen molar-refractivity contribution < 1.29 is 24.2 Å². The number of nitrogens with zero attached hydrogens (tertiary/aromatic N) is 1. The molecule has 0 spiro atoms. The number of amides is 2. The minimum atomic E-state index is -0.996. The average molecular weight is 463 g/mol. The summed E-state index contributed by atoms with van der Waals surface area (Å²) in [7, 11) is 0. The fourth-order valence-electron chi connectivity index (χ4n) is 5.80. The molecule has 3 atom stereocenters. The zero-order valence-electron chi connectivity index (χ0n) is 19.3. The molecular formula is C27H30N2O5. The minimum Gasteiger partial charge on any atom is -0.479 e. The lowest BCUT2D eigenvalue weighted by Crippen LogP contribution is -2.53. The molecule has 34 heavy (non-hydrogen) atoms. The molecule has 1 aliphatic heterocycles. The van der Waals surface area contributed by atoms with Gasteiger partial charge in [-0.1, -0.05) is 55.5 Å². The Labute approximate surface area is 199 Å². The highest BCUT2D eigenvalue weighted by Gasteiger charge is 2.66. The van der Waals surface area contributed by atoms with Crippen LogP contribution in [-0.4, -0.2) is 53.2 Å². The van der Waals surface area contributed by atoms with Gasteiger partial charge in [-0.25, -0.2) is 9.59 Å². The highest BCUT2D eigenvalue weighted by atomic mass is 16.5. The molecule has 0 radical (unpaired) electrons. The van der Waals surface area contributed by atoms with Gasteiger partial charge in [-0.2, -0.15) is 0 Å². The summed E-state index contributed by atoms with van der Waals surface area (Å²) in [4.78, 5) is 38.7. The fourth-order valence-corrected chi connectivity index (χ4v) is 5.80. The van der Waals surface area contributed by atoms with Crippen molar-refractivity contribution in [2.75, 3.05) is 19.7 Å². The Balaban J connectivity index is 1.12. The van der Waals surface area contributed by atoms with Crippen LogP contribution in [-0.2, 0) is 14.3 Å². The molecule has 2 aromatic rings. The number of likely N-dealkylation sites (tertiary alicyclic amines) is 1. The Morgan fingerprint density at radius 1 is 1.12 bits per heavy atom. The summed E-state index contributed by atoms with van der Waals surface area (Å²) < 4.78 is 5.55. The lowest BCUT2D eigenvalue weighted by molar-refractivity contribution is -0.156. The van der Waals surface area contributed by atoms with Crippen LogP contribution in [0.3, 0.4) is 0 Å². The van der Waals surface area contributed by atoms with Crippen molar-refractivity contribution in [3.05, 3.63) is 59.7 Å². The van der Waals surface area contributed by atoms with Gasteiger partial charge in [0.1, 0.15) is 12.1 Å². The molecule has 0 aromatic heterocycles. The molecule has 7 heteroatoms. The maximum absolute atomic E-state index is 13.0. The smallest absolute Gasteiger partial charge is 0.407 e. The number of hydrogen-bond acceptors (Lipinski definition) is 4. The van der Waals surface area contributed by atoms with E-state index in [-0.39, 0.29) is 30.3 Å². The maximum Gasteiger partial charge on any atom is 0.407 e. The summed E-state index contributed by atoms with van der Waals surface area (Å²) in [5, 5.41) is 12.4. The molecule has 5 rings (SSSR count). The SMILES string of the molecule is CC(CCNC(=O)OCC1c2ccccc2-c2ccccc21)C(=O)N1CCCC2CC21C(=O)O. The predicted molar refractivity (Wildman–Crippen MR) is 126 cm³/mol. The monoisotopic (exact) mass is 462 g/mol. The molecule has 7 nitrogen and oxygen atoms in total. The number of piperidine rings is 1. The Morgan fingerprint density at radius 2 is 1.76 bits per heavy atom. The van der Waals surface area contributed by atoms with Crippen molar-refractivity contribution in [2.45, 2.75) is 44.1 Å². The number of carboxylic acid groups (broad SMARTS) is 1. The second kappa shape index (κ2) is 8.78. The number of fused-ring (bicyclic) bond motifs is 4. The normalized spacial score (nSPS) is 23.3. The standard InChI is InChI=1S/C27H30N2O5/c1-17(24(30)29-14-6-7-18-15-27(18,29)25(31)32)12-13-28-26(33)34-16-23-21-10-4-2-8-19(21)20-9-3-5-11-22(20)23/h2-5,8-11,17-18,23H,6-7,12-16H2,1H3,(H,28,33)(H,31,32). The minimum absolute atomic E-state index is 0.00329. The first kappa shape index (κ1) is 22.4. The molecular weight excluding hydrogens is 432 g/mol. The summed E-state index contributed by atoms with van der Waals surface area (Å²) in [5.74, 6) is -1.33. The molecule has 178 valence electrons. The Hall–Kier alpha value is -3.35. The second-order valence-corrected chi connectivity index (χ2v) is 9.70. The molecule has 3 unspecified atom stereocenters. The van der Waals surface area contributed by atoms with Gasteiger partial charge >= 0.3 is 12.1 Å². The van der Waals surface area contributed by atoms with Gasteiger partial charge in [0, 0.05) is 24.9 Å². The van der Waals surface area contributed by atoms with Gasteiger partial charge in [-0.15, -0.1) is 0 Å². The van der Waals surface area contributed by atoms with Crippen LogP contribution >= 0.6 is 0 Å². The number of ether oxygens (including phenoxy) is 1. The molecule has 1 heterocycles. The average Bonchev–Trinajstić information content (AvgIpc) is 3.53. The van der Waals surface area contributed by atoms with E-state index in [0.29, 0.717) is 25.9 Å². The van der Waals surface area contributed by atoms with E-state index >= 15 is 0 Å². The second-order valence-electron chi connectivity index (χ2n) is 9.70. The largest absolute Gasteiger partial charge is 0.479 e. The van der Waals surface area contributed by atoms with E-state index in [4.69, 9.17) is 4.74 Å². The lowest BCUT2D eigenvalue weighted by atomic mass is 9.98. The number of benzene rings is 2. The van der Waals surface area contributed by atoms with E-state index in [1.807, 2.05) is 24.3 Å². The predicted octanol–water partition coefficient (Wildman–Crippen LogP) is 4.02. The number of hydrogen-bond donors (Lipinski definition) is 2. The van der Waals surface area contributed by atoms with Gasteiger partial charge in [0.05, 0.1) is 0 Å². The van der Waals surface area contributed by atoms with E-state index in [1.54, 1.807) is 11.8 Å². The van der Waals surface area contributed by atoms with Crippen LogP contribution in [0, 0.1) is 11.8 Å². The van der Waals surface area contributed by atoms with Crippen molar-refractivity contribution in [1.82, 2.24) is 10.2 Å². The third-order valence-corrected chi connectivity index (χ3v) is 7.74. The van der Waals surface area contributed by atoms with Gasteiger partial charge in [-0.3, -0.25) is 4.79 Å². The third kappa shape index (κ3) is 3.73. The van der Waals surface area contributed by atoms with Crippen LogP contribution in [0.5, 0.6) is 0 Å². The van der Waals surface area contributed by atoms with Crippen LogP contribution in [0.4, 0.5) is 4.79 Å². The van der Waals surface area contributed by atoms with E-state index < -0.39 is 17.6 Å². The molecule has 0 bridgehead atoms. The van der Waals surface area contributed by atoms with Crippen LogP contribution in [0.2, 0.25) is 0 Å². The molecule has 2 aromatic carbocycles. The van der Waals surface area contributed by atoms with Gasteiger partial charge in [-0.05, 0) is 53.9 Å². The Bertz CT molecular complexity index is 1090. The number of carbonyl (C=O) groups excluding carboxylic acids is 2. The molecule has 2 N–H and O–H groups in total. The van der Waals surface area contributed by atoms with Gasteiger partial charge in [0.2, 0.25) is 5.91 Å². The van der Waals surface area contributed by atoms with Crippen LogP contribution in [0.25, 0.3) is 11.1 Å². The number of rotatable bonds is 7. The van der Waals surface area contributed by atoms with Crippen molar-refractivity contribution in [3.63, 3.8) is 0 Å². The number of aliphatic carboxylic acids is 1. The summed E-state index contributed by atoms with van der Waals surface area (Å²) in [6.07, 6.45) is 2.19. The van der Waals surface area contributed by atoms with Gasteiger partial charge in [0.25, 0.3) is 0 Å². The van der Waals surface area contributed by atoms with Crippen LogP contribution < -0.4 is 5.32 Å². The van der Waals surface area contributed by atoms with E-state index in [0.717, 1.165) is 24.0 Å². The molecule has 2 fully saturated rings. The number of carbonyl (C=O) groups is 3. The first-order chi connectivity index (χ1) is 16.4. The van der Waals surface area contributed by atoms with Crippen molar-refractivity contribution in [1.29, 1.82) is 0 Å². The zero-order chi connectivity index (χ0) is 23.9. The Morgan fingerprint density at radius 3 is 2.41 bits per heavy atom. The fraction of sp³-hybridized carbons (Fsp3) is 0.444. The third-order valence-electron chi connectivity index (χ3n) is 7.74. The quantitative estimate of drug-likeness (QED) is 0.648. The topological polar surface area (TPSA) is 95.9 Å². The summed E-state index contributed by atoms with van der Waals surface area (Å²) in [6.45, 7) is 2.82. The number of carboxylic acids is 1. The van der Waals surface area contributed by atoms with Crippen molar-refractivity contribution >= 4 is 18.0 Å². The molecule has 3 aliphatic rings. The van der Waals surface area contributed by atoms with Crippen molar-refractivity contribution in [2.24, 2.45) is 11.8 Å². The van der Waals surface area contributed by atoms with Crippen LogP contribution in [0.15, 0.2) is 48.5 Å². The van der Waals surface area contributed by atoms with Gasteiger partial charge < -0.3 is 20.1 Å². The van der Waals surface area contributed by atoms with E-state index in [9.17, 15) is 19.5 Å². The first-order valence-corrected chi connectivity index (χ1v) is 12.1.